The van der Waals surface area contributed by atoms with Crippen LogP contribution in [0.2, 0.25) is 0 Å². The van der Waals surface area contributed by atoms with Crippen molar-refractivity contribution in [3.63, 3.8) is 0 Å². The standard InChI is InChI=1S/C14H11F2/c1-10-5-4-6-11(9-10)12-7-2-3-8-13(12)14(15)16/h2,4-9,14H,1H3. The monoisotopic (exact) mass is 217 g/mol. The zero-order valence-corrected chi connectivity index (χ0v) is 8.87. The lowest BCUT2D eigenvalue weighted by Gasteiger charge is -2.09. The lowest BCUT2D eigenvalue weighted by atomic mass is 9.99. The van der Waals surface area contributed by atoms with Gasteiger partial charge in [0.2, 0.25) is 0 Å². The molecule has 0 atom stereocenters. The van der Waals surface area contributed by atoms with Crippen LogP contribution in [0.3, 0.4) is 0 Å². The molecule has 0 amide bonds. The molecular formula is C14H11F2. The van der Waals surface area contributed by atoms with E-state index in [1.807, 2.05) is 31.2 Å². The minimum Gasteiger partial charge on any atom is -0.205 e. The Kier molecular flexibility index (Phi) is 3.00. The Balaban J connectivity index is 2.55. The van der Waals surface area contributed by atoms with Gasteiger partial charge in [-0.05, 0) is 30.2 Å². The van der Waals surface area contributed by atoms with Crippen molar-refractivity contribution in [3.05, 3.63) is 59.7 Å². The summed E-state index contributed by atoms with van der Waals surface area (Å²) in [7, 11) is 0. The highest BCUT2D eigenvalue weighted by Crippen LogP contribution is 2.30. The first kappa shape index (κ1) is 10.8. The lowest BCUT2D eigenvalue weighted by Crippen LogP contribution is -1.90. The average Bonchev–Trinajstić information content (AvgIpc) is 2.29. The Hall–Kier alpha value is -1.70. The largest absolute Gasteiger partial charge is 0.264 e. The van der Waals surface area contributed by atoms with Crippen LogP contribution >= 0.6 is 0 Å². The molecule has 0 N–H and O–H groups in total. The van der Waals surface area contributed by atoms with Crippen LogP contribution in [0.15, 0.2) is 42.5 Å². The molecule has 0 nitrogen and oxygen atoms in total. The van der Waals surface area contributed by atoms with Crippen LogP contribution < -0.4 is 0 Å². The van der Waals surface area contributed by atoms with Gasteiger partial charge in [-0.2, -0.15) is 0 Å². The van der Waals surface area contributed by atoms with E-state index in [2.05, 4.69) is 6.07 Å². The molecule has 0 aromatic heterocycles. The fourth-order valence-corrected chi connectivity index (χ4v) is 1.70. The molecule has 81 valence electrons. The summed E-state index contributed by atoms with van der Waals surface area (Å²) in [6.45, 7) is 1.95. The zero-order valence-electron chi connectivity index (χ0n) is 8.87. The summed E-state index contributed by atoms with van der Waals surface area (Å²) in [4.78, 5) is 0. The second-order valence-electron chi connectivity index (χ2n) is 3.68. The molecule has 0 heterocycles. The van der Waals surface area contributed by atoms with E-state index in [9.17, 15) is 8.78 Å². The quantitative estimate of drug-likeness (QED) is 0.699. The molecule has 0 unspecified atom stereocenters. The minimum absolute atomic E-state index is 0.0353. The van der Waals surface area contributed by atoms with E-state index in [-0.39, 0.29) is 5.56 Å². The summed E-state index contributed by atoms with van der Waals surface area (Å²) in [5.41, 5.74) is 2.50. The van der Waals surface area contributed by atoms with E-state index in [1.54, 1.807) is 12.1 Å². The number of alkyl halides is 2. The van der Waals surface area contributed by atoms with Crippen molar-refractivity contribution >= 4 is 0 Å². The van der Waals surface area contributed by atoms with E-state index in [1.165, 1.54) is 6.07 Å². The van der Waals surface area contributed by atoms with Crippen molar-refractivity contribution in [2.24, 2.45) is 0 Å². The van der Waals surface area contributed by atoms with Crippen molar-refractivity contribution in [1.82, 2.24) is 0 Å². The highest BCUT2D eigenvalue weighted by atomic mass is 19.3. The van der Waals surface area contributed by atoms with Gasteiger partial charge in [0.25, 0.3) is 6.43 Å². The molecule has 2 aromatic rings. The molecule has 0 spiro atoms. The molecule has 1 radical (unpaired) electrons. The molecular weight excluding hydrogens is 206 g/mol. The number of hydrogen-bond acceptors (Lipinski definition) is 0. The number of hydrogen-bond donors (Lipinski definition) is 0. The van der Waals surface area contributed by atoms with Crippen LogP contribution in [-0.4, -0.2) is 0 Å². The molecule has 0 bridgehead atoms. The van der Waals surface area contributed by atoms with Crippen molar-refractivity contribution in [3.8, 4) is 11.1 Å². The Morgan fingerprint density at radius 3 is 2.69 bits per heavy atom. The first-order valence-electron chi connectivity index (χ1n) is 5.03. The van der Waals surface area contributed by atoms with E-state index in [0.717, 1.165) is 11.1 Å². The Morgan fingerprint density at radius 1 is 1.19 bits per heavy atom. The summed E-state index contributed by atoms with van der Waals surface area (Å²) in [6.07, 6.45) is -2.46. The summed E-state index contributed by atoms with van der Waals surface area (Å²) in [6, 6.07) is 14.9. The van der Waals surface area contributed by atoms with Gasteiger partial charge in [0.05, 0.1) is 0 Å². The van der Waals surface area contributed by atoms with Crippen molar-refractivity contribution in [2.45, 2.75) is 13.3 Å². The highest BCUT2D eigenvalue weighted by Gasteiger charge is 2.13. The Morgan fingerprint density at radius 2 is 2.00 bits per heavy atom. The third-order valence-corrected chi connectivity index (χ3v) is 2.46. The first-order valence-corrected chi connectivity index (χ1v) is 5.03. The molecule has 2 aromatic carbocycles. The molecule has 0 aliphatic carbocycles. The molecule has 2 heteroatoms. The Labute approximate surface area is 93.5 Å². The van der Waals surface area contributed by atoms with Crippen molar-refractivity contribution < 1.29 is 8.78 Å². The smallest absolute Gasteiger partial charge is 0.205 e. The van der Waals surface area contributed by atoms with Gasteiger partial charge in [0, 0.05) is 5.56 Å². The third kappa shape index (κ3) is 2.11. The Bertz CT molecular complexity index is 490. The van der Waals surface area contributed by atoms with E-state index in [0.29, 0.717) is 5.56 Å². The van der Waals surface area contributed by atoms with Crippen LogP contribution in [-0.2, 0) is 0 Å². The molecule has 0 aliphatic rings. The van der Waals surface area contributed by atoms with Crippen molar-refractivity contribution in [2.75, 3.05) is 0 Å². The lowest BCUT2D eigenvalue weighted by molar-refractivity contribution is 0.152. The number of rotatable bonds is 2. The van der Waals surface area contributed by atoms with Crippen LogP contribution in [0.5, 0.6) is 0 Å². The maximum absolute atomic E-state index is 12.8. The summed E-state index contributed by atoms with van der Waals surface area (Å²) in [5, 5.41) is 0. The summed E-state index contributed by atoms with van der Waals surface area (Å²) < 4.78 is 25.6. The first-order chi connectivity index (χ1) is 7.68. The van der Waals surface area contributed by atoms with Gasteiger partial charge >= 0.3 is 0 Å². The predicted octanol–water partition coefficient (Wildman–Crippen LogP) is 4.40. The van der Waals surface area contributed by atoms with Gasteiger partial charge < -0.3 is 0 Å². The second kappa shape index (κ2) is 4.44. The van der Waals surface area contributed by atoms with Gasteiger partial charge in [-0.25, -0.2) is 8.78 Å². The summed E-state index contributed by atoms with van der Waals surface area (Å²) >= 11 is 0. The molecule has 2 rings (SSSR count). The zero-order chi connectivity index (χ0) is 11.5. The molecule has 0 aliphatic heterocycles. The SMILES string of the molecule is Cc1cccc(-c2cc[c]cc2C(F)F)c1. The van der Waals surface area contributed by atoms with Gasteiger partial charge in [-0.1, -0.05) is 42.0 Å². The molecule has 0 saturated carbocycles. The second-order valence-corrected chi connectivity index (χ2v) is 3.68. The van der Waals surface area contributed by atoms with Gasteiger partial charge in [0.15, 0.2) is 0 Å². The van der Waals surface area contributed by atoms with Gasteiger partial charge in [-0.15, -0.1) is 0 Å². The third-order valence-electron chi connectivity index (χ3n) is 2.46. The molecule has 16 heavy (non-hydrogen) atoms. The van der Waals surface area contributed by atoms with Crippen LogP contribution in [0.1, 0.15) is 17.6 Å². The van der Waals surface area contributed by atoms with Crippen LogP contribution in [0, 0.1) is 13.0 Å². The maximum atomic E-state index is 12.8. The van der Waals surface area contributed by atoms with Gasteiger partial charge in [0.1, 0.15) is 0 Å². The highest BCUT2D eigenvalue weighted by molar-refractivity contribution is 5.68. The number of aryl methyl sites for hydroxylation is 1. The molecule has 0 fully saturated rings. The van der Waals surface area contributed by atoms with E-state index >= 15 is 0 Å². The predicted molar refractivity (Wildman–Crippen MR) is 60.4 cm³/mol. The average molecular weight is 217 g/mol. The normalized spacial score (nSPS) is 10.8. The number of benzene rings is 2. The fourth-order valence-electron chi connectivity index (χ4n) is 1.70. The van der Waals surface area contributed by atoms with Crippen LogP contribution in [0.4, 0.5) is 8.78 Å². The topological polar surface area (TPSA) is 0 Å². The van der Waals surface area contributed by atoms with Gasteiger partial charge in [-0.3, -0.25) is 0 Å². The molecule has 0 saturated heterocycles. The number of halogens is 2. The minimum atomic E-state index is -2.46. The van der Waals surface area contributed by atoms with E-state index < -0.39 is 6.43 Å². The summed E-state index contributed by atoms with van der Waals surface area (Å²) in [5.74, 6) is 0. The maximum Gasteiger partial charge on any atom is 0.264 e. The fraction of sp³-hybridized carbons (Fsp3) is 0.143. The van der Waals surface area contributed by atoms with E-state index in [4.69, 9.17) is 0 Å². The van der Waals surface area contributed by atoms with Crippen molar-refractivity contribution in [1.29, 1.82) is 0 Å². The van der Waals surface area contributed by atoms with Crippen LogP contribution in [0.25, 0.3) is 11.1 Å².